The number of nitrogens with one attached hydrogen (secondary N) is 1. The Morgan fingerprint density at radius 1 is 1.10 bits per heavy atom. The molecule has 1 amide bonds. The first-order valence-electron chi connectivity index (χ1n) is 11.1. The summed E-state index contributed by atoms with van der Waals surface area (Å²) < 4.78 is 27.2. The van der Waals surface area contributed by atoms with Crippen LogP contribution in [-0.4, -0.2) is 50.9 Å². The van der Waals surface area contributed by atoms with Gasteiger partial charge in [0.15, 0.2) is 0 Å². The summed E-state index contributed by atoms with van der Waals surface area (Å²) in [6.07, 6.45) is 3.36. The van der Waals surface area contributed by atoms with E-state index in [0.29, 0.717) is 25.6 Å². The van der Waals surface area contributed by atoms with E-state index in [0.717, 1.165) is 25.8 Å². The van der Waals surface area contributed by atoms with Crippen LogP contribution in [0.5, 0.6) is 0 Å². The molecule has 1 saturated heterocycles. The number of para-hydroxylation sites is 1. The molecule has 0 spiro atoms. The van der Waals surface area contributed by atoms with Crippen molar-refractivity contribution in [3.8, 4) is 0 Å². The number of piperidine rings is 1. The molecule has 1 N–H and O–H groups in total. The van der Waals surface area contributed by atoms with E-state index in [1.165, 1.54) is 15.6 Å². The van der Waals surface area contributed by atoms with Gasteiger partial charge in [-0.25, -0.2) is 8.42 Å². The van der Waals surface area contributed by atoms with Crippen LogP contribution in [0.3, 0.4) is 0 Å². The van der Waals surface area contributed by atoms with Gasteiger partial charge in [0.2, 0.25) is 15.9 Å². The zero-order valence-electron chi connectivity index (χ0n) is 18.0. The second-order valence-electron chi connectivity index (χ2n) is 8.54. The fourth-order valence-corrected chi connectivity index (χ4v) is 6.24. The van der Waals surface area contributed by atoms with Crippen molar-refractivity contribution in [3.63, 3.8) is 0 Å². The molecule has 0 aromatic heterocycles. The summed E-state index contributed by atoms with van der Waals surface area (Å²) >= 11 is 0. The minimum absolute atomic E-state index is 0.0390. The molecule has 31 heavy (non-hydrogen) atoms. The second-order valence-corrected chi connectivity index (χ2v) is 10.5. The van der Waals surface area contributed by atoms with Crippen molar-refractivity contribution in [2.45, 2.75) is 43.5 Å². The SMILES string of the molecule is C[C@H]1Cc2ccccc2N1CCCNC(=O)[C@@H]1CCCN(S(=O)(=O)c2ccccc2)C1. The Kier molecular flexibility index (Phi) is 6.62. The van der Waals surface area contributed by atoms with Crippen LogP contribution in [0.1, 0.15) is 31.7 Å². The molecule has 166 valence electrons. The third kappa shape index (κ3) is 4.77. The Morgan fingerprint density at radius 2 is 1.84 bits per heavy atom. The molecule has 2 aromatic carbocycles. The van der Waals surface area contributed by atoms with Gasteiger partial charge in [-0.1, -0.05) is 36.4 Å². The zero-order valence-corrected chi connectivity index (χ0v) is 18.9. The summed E-state index contributed by atoms with van der Waals surface area (Å²) in [5.74, 6) is -0.332. The van der Waals surface area contributed by atoms with E-state index in [9.17, 15) is 13.2 Å². The lowest BCUT2D eigenvalue weighted by molar-refractivity contribution is -0.126. The highest BCUT2D eigenvalue weighted by Crippen LogP contribution is 2.31. The third-order valence-electron chi connectivity index (χ3n) is 6.36. The zero-order chi connectivity index (χ0) is 21.8. The average molecular weight is 442 g/mol. The normalized spacial score (nSPS) is 21.6. The molecule has 0 aliphatic carbocycles. The highest BCUT2D eigenvalue weighted by atomic mass is 32.2. The maximum atomic E-state index is 12.9. The molecule has 0 radical (unpaired) electrons. The average Bonchev–Trinajstić information content (AvgIpc) is 3.12. The maximum Gasteiger partial charge on any atom is 0.243 e. The van der Waals surface area contributed by atoms with Crippen LogP contribution in [0.4, 0.5) is 5.69 Å². The van der Waals surface area contributed by atoms with Crippen molar-refractivity contribution >= 4 is 21.6 Å². The first-order chi connectivity index (χ1) is 15.0. The van der Waals surface area contributed by atoms with E-state index in [-0.39, 0.29) is 23.3 Å². The number of fused-ring (bicyclic) bond motifs is 1. The topological polar surface area (TPSA) is 69.7 Å². The largest absolute Gasteiger partial charge is 0.368 e. The van der Waals surface area contributed by atoms with Gasteiger partial charge >= 0.3 is 0 Å². The predicted octanol–water partition coefficient (Wildman–Crippen LogP) is 3.04. The van der Waals surface area contributed by atoms with Crippen molar-refractivity contribution in [2.24, 2.45) is 5.92 Å². The van der Waals surface area contributed by atoms with E-state index >= 15 is 0 Å². The molecule has 4 rings (SSSR count). The van der Waals surface area contributed by atoms with E-state index in [1.807, 2.05) is 0 Å². The van der Waals surface area contributed by atoms with E-state index < -0.39 is 10.0 Å². The Labute approximate surface area is 185 Å². The van der Waals surface area contributed by atoms with Gasteiger partial charge in [0, 0.05) is 37.9 Å². The molecule has 2 aromatic rings. The maximum absolute atomic E-state index is 12.9. The minimum Gasteiger partial charge on any atom is -0.368 e. The van der Waals surface area contributed by atoms with Gasteiger partial charge < -0.3 is 10.2 Å². The number of amides is 1. The minimum atomic E-state index is -3.55. The highest BCUT2D eigenvalue weighted by Gasteiger charge is 2.33. The van der Waals surface area contributed by atoms with Crippen LogP contribution in [0.2, 0.25) is 0 Å². The highest BCUT2D eigenvalue weighted by molar-refractivity contribution is 7.89. The Hall–Kier alpha value is -2.38. The van der Waals surface area contributed by atoms with Crippen LogP contribution in [0.15, 0.2) is 59.5 Å². The lowest BCUT2D eigenvalue weighted by Crippen LogP contribution is -2.45. The third-order valence-corrected chi connectivity index (χ3v) is 8.24. The number of hydrogen-bond donors (Lipinski definition) is 1. The summed E-state index contributed by atoms with van der Waals surface area (Å²) in [5.41, 5.74) is 2.69. The second kappa shape index (κ2) is 9.40. The fourth-order valence-electron chi connectivity index (χ4n) is 4.69. The number of anilines is 1. The number of carbonyl (C=O) groups excluding carboxylic acids is 1. The van der Waals surface area contributed by atoms with Crippen LogP contribution in [0, 0.1) is 5.92 Å². The van der Waals surface area contributed by atoms with Gasteiger partial charge in [-0.05, 0) is 56.4 Å². The molecule has 7 heteroatoms. The first kappa shape index (κ1) is 21.8. The molecule has 2 aliphatic rings. The quantitative estimate of drug-likeness (QED) is 0.671. The number of hydrogen-bond acceptors (Lipinski definition) is 4. The number of carbonyl (C=O) groups is 1. The summed E-state index contributed by atoms with van der Waals surface area (Å²) in [5, 5.41) is 3.04. The summed E-state index contributed by atoms with van der Waals surface area (Å²) in [4.78, 5) is 15.4. The molecular formula is C24H31N3O3S. The van der Waals surface area contributed by atoms with E-state index in [1.54, 1.807) is 30.3 Å². The first-order valence-corrected chi connectivity index (χ1v) is 12.6. The number of nitrogens with zero attached hydrogens (tertiary/aromatic N) is 2. The molecule has 2 aliphatic heterocycles. The molecule has 2 heterocycles. The molecule has 0 bridgehead atoms. The van der Waals surface area contributed by atoms with Gasteiger partial charge in [0.05, 0.1) is 10.8 Å². The Bertz CT molecular complexity index is 1010. The van der Waals surface area contributed by atoms with E-state index in [4.69, 9.17) is 0 Å². The van der Waals surface area contributed by atoms with Gasteiger partial charge in [0.25, 0.3) is 0 Å². The number of benzene rings is 2. The Balaban J connectivity index is 1.27. The van der Waals surface area contributed by atoms with Gasteiger partial charge in [-0.3, -0.25) is 4.79 Å². The molecule has 2 atom stereocenters. The van der Waals surface area contributed by atoms with Crippen molar-refractivity contribution in [2.75, 3.05) is 31.1 Å². The standard InChI is InChI=1S/C24H31N3O3S/c1-19-17-20-9-5-6-13-23(20)27(19)16-8-14-25-24(28)21-10-7-15-26(18-21)31(29,30)22-11-3-2-4-12-22/h2-6,9,11-13,19,21H,7-8,10,14-18H2,1H3,(H,25,28)/t19-,21+/m0/s1. The summed E-state index contributed by atoms with van der Waals surface area (Å²) in [7, 11) is -3.55. The van der Waals surface area contributed by atoms with Crippen LogP contribution in [-0.2, 0) is 21.2 Å². The van der Waals surface area contributed by atoms with Gasteiger partial charge in [-0.2, -0.15) is 4.31 Å². The van der Waals surface area contributed by atoms with E-state index in [2.05, 4.69) is 41.4 Å². The van der Waals surface area contributed by atoms with Crippen LogP contribution >= 0.6 is 0 Å². The molecule has 0 unspecified atom stereocenters. The predicted molar refractivity (Wildman–Crippen MR) is 123 cm³/mol. The molecular weight excluding hydrogens is 410 g/mol. The smallest absolute Gasteiger partial charge is 0.243 e. The number of sulfonamides is 1. The van der Waals surface area contributed by atoms with Crippen molar-refractivity contribution in [1.82, 2.24) is 9.62 Å². The number of rotatable bonds is 7. The van der Waals surface area contributed by atoms with Crippen molar-refractivity contribution in [3.05, 3.63) is 60.2 Å². The monoisotopic (exact) mass is 441 g/mol. The lowest BCUT2D eigenvalue weighted by atomic mass is 9.99. The lowest BCUT2D eigenvalue weighted by Gasteiger charge is -2.31. The van der Waals surface area contributed by atoms with Gasteiger partial charge in [0.1, 0.15) is 0 Å². The van der Waals surface area contributed by atoms with Gasteiger partial charge in [-0.15, -0.1) is 0 Å². The fraction of sp³-hybridized carbons (Fsp3) is 0.458. The molecule has 1 fully saturated rings. The molecule has 0 saturated carbocycles. The van der Waals surface area contributed by atoms with Crippen LogP contribution in [0.25, 0.3) is 0 Å². The summed E-state index contributed by atoms with van der Waals surface area (Å²) in [6, 6.07) is 17.4. The van der Waals surface area contributed by atoms with Crippen LogP contribution < -0.4 is 10.2 Å². The Morgan fingerprint density at radius 3 is 2.65 bits per heavy atom. The van der Waals surface area contributed by atoms with Crippen molar-refractivity contribution < 1.29 is 13.2 Å². The van der Waals surface area contributed by atoms with Crippen molar-refractivity contribution in [1.29, 1.82) is 0 Å². The summed E-state index contributed by atoms with van der Waals surface area (Å²) in [6.45, 7) is 4.46. The molecule has 6 nitrogen and oxygen atoms in total.